The zero-order chi connectivity index (χ0) is 15.0. The monoisotopic (exact) mass is 278 g/mol. The molecule has 1 rings (SSSR count). The van der Waals surface area contributed by atoms with Gasteiger partial charge in [-0.1, -0.05) is 46.2 Å². The van der Waals surface area contributed by atoms with Gasteiger partial charge in [-0.05, 0) is 30.4 Å². The van der Waals surface area contributed by atoms with Crippen LogP contribution in [0.15, 0.2) is 18.2 Å². The SMILES string of the molecule is CCCCOC(=O)c1cccc(CC)c1OCC(C)C. The number of hydrogen-bond donors (Lipinski definition) is 0. The maximum atomic E-state index is 12.2. The summed E-state index contributed by atoms with van der Waals surface area (Å²) >= 11 is 0. The summed E-state index contributed by atoms with van der Waals surface area (Å²) in [6, 6.07) is 5.67. The van der Waals surface area contributed by atoms with Crippen molar-refractivity contribution in [3.05, 3.63) is 29.3 Å². The summed E-state index contributed by atoms with van der Waals surface area (Å²) in [4.78, 5) is 12.2. The fourth-order valence-electron chi connectivity index (χ4n) is 1.83. The van der Waals surface area contributed by atoms with E-state index in [1.807, 2.05) is 12.1 Å². The molecule has 0 saturated heterocycles. The summed E-state index contributed by atoms with van der Waals surface area (Å²) in [5.74, 6) is 0.821. The molecule has 0 aromatic heterocycles. The van der Waals surface area contributed by atoms with Crippen LogP contribution in [-0.2, 0) is 11.2 Å². The summed E-state index contributed by atoms with van der Waals surface area (Å²) in [5.41, 5.74) is 1.59. The Kier molecular flexibility index (Phi) is 7.13. The predicted octanol–water partition coefficient (Wildman–Crippen LogP) is 4.24. The molecule has 1 aromatic rings. The summed E-state index contributed by atoms with van der Waals surface area (Å²) in [6.07, 6.45) is 2.74. The third-order valence-corrected chi connectivity index (χ3v) is 2.99. The van der Waals surface area contributed by atoms with Crippen LogP contribution in [0.3, 0.4) is 0 Å². The van der Waals surface area contributed by atoms with Crippen LogP contribution in [0.4, 0.5) is 0 Å². The molecule has 0 aliphatic rings. The lowest BCUT2D eigenvalue weighted by Gasteiger charge is -2.16. The second-order valence-electron chi connectivity index (χ2n) is 5.34. The van der Waals surface area contributed by atoms with Gasteiger partial charge in [0.1, 0.15) is 11.3 Å². The van der Waals surface area contributed by atoms with Gasteiger partial charge in [-0.25, -0.2) is 4.79 Å². The molecule has 3 nitrogen and oxygen atoms in total. The Morgan fingerprint density at radius 3 is 2.60 bits per heavy atom. The van der Waals surface area contributed by atoms with Gasteiger partial charge in [-0.3, -0.25) is 0 Å². The van der Waals surface area contributed by atoms with E-state index in [4.69, 9.17) is 9.47 Å². The summed E-state index contributed by atoms with van der Waals surface area (Å²) in [6.45, 7) is 9.38. The molecule has 0 saturated carbocycles. The Labute approximate surface area is 122 Å². The summed E-state index contributed by atoms with van der Waals surface area (Å²) < 4.78 is 11.1. The van der Waals surface area contributed by atoms with Gasteiger partial charge in [0, 0.05) is 0 Å². The lowest BCUT2D eigenvalue weighted by atomic mass is 10.1. The molecule has 0 spiro atoms. The highest BCUT2D eigenvalue weighted by Crippen LogP contribution is 2.26. The molecule has 0 fully saturated rings. The standard InChI is InChI=1S/C17H26O3/c1-5-7-11-19-17(18)15-10-8-9-14(6-2)16(15)20-12-13(3)4/h8-10,13H,5-7,11-12H2,1-4H3. The van der Waals surface area contributed by atoms with Crippen molar-refractivity contribution in [3.63, 3.8) is 0 Å². The number of rotatable bonds is 8. The number of para-hydroxylation sites is 1. The lowest BCUT2D eigenvalue weighted by molar-refractivity contribution is 0.0494. The molecule has 0 bridgehead atoms. The van der Waals surface area contributed by atoms with Crippen LogP contribution in [0.1, 0.15) is 56.5 Å². The molecule has 0 aliphatic carbocycles. The second-order valence-corrected chi connectivity index (χ2v) is 5.34. The van der Waals surface area contributed by atoms with Crippen molar-refractivity contribution in [2.45, 2.75) is 47.0 Å². The number of esters is 1. The molecule has 3 heteroatoms. The molecular weight excluding hydrogens is 252 g/mol. The van der Waals surface area contributed by atoms with Gasteiger partial charge >= 0.3 is 5.97 Å². The highest BCUT2D eigenvalue weighted by molar-refractivity contribution is 5.93. The van der Waals surface area contributed by atoms with Crippen molar-refractivity contribution in [2.75, 3.05) is 13.2 Å². The van der Waals surface area contributed by atoms with Gasteiger partial charge in [-0.15, -0.1) is 0 Å². The molecule has 0 N–H and O–H groups in total. The first-order valence-electron chi connectivity index (χ1n) is 7.51. The average Bonchev–Trinajstić information content (AvgIpc) is 2.44. The van der Waals surface area contributed by atoms with E-state index in [0.717, 1.165) is 24.8 Å². The van der Waals surface area contributed by atoms with Crippen LogP contribution in [0.5, 0.6) is 5.75 Å². The Hall–Kier alpha value is -1.51. The number of carbonyl (C=O) groups is 1. The van der Waals surface area contributed by atoms with Crippen molar-refractivity contribution >= 4 is 5.97 Å². The van der Waals surface area contributed by atoms with E-state index >= 15 is 0 Å². The number of benzene rings is 1. The third kappa shape index (κ3) is 4.87. The van der Waals surface area contributed by atoms with E-state index < -0.39 is 0 Å². The van der Waals surface area contributed by atoms with E-state index in [9.17, 15) is 4.79 Å². The Morgan fingerprint density at radius 1 is 1.25 bits per heavy atom. The molecule has 0 aliphatic heterocycles. The zero-order valence-electron chi connectivity index (χ0n) is 13.1. The molecule has 0 amide bonds. The number of carbonyl (C=O) groups excluding carboxylic acids is 1. The molecule has 0 heterocycles. The minimum Gasteiger partial charge on any atom is -0.492 e. The lowest BCUT2D eigenvalue weighted by Crippen LogP contribution is -2.13. The van der Waals surface area contributed by atoms with E-state index in [1.54, 1.807) is 6.07 Å². The van der Waals surface area contributed by atoms with E-state index in [0.29, 0.717) is 30.4 Å². The van der Waals surface area contributed by atoms with Crippen LogP contribution in [0.25, 0.3) is 0 Å². The minimum atomic E-state index is -0.285. The Morgan fingerprint density at radius 2 is 2.00 bits per heavy atom. The first-order chi connectivity index (χ1) is 9.60. The normalized spacial score (nSPS) is 10.7. The van der Waals surface area contributed by atoms with Crippen molar-refractivity contribution in [1.82, 2.24) is 0 Å². The van der Waals surface area contributed by atoms with Crippen molar-refractivity contribution in [2.24, 2.45) is 5.92 Å². The minimum absolute atomic E-state index is 0.285. The molecular formula is C17H26O3. The maximum absolute atomic E-state index is 12.2. The van der Waals surface area contributed by atoms with Crippen LogP contribution >= 0.6 is 0 Å². The third-order valence-electron chi connectivity index (χ3n) is 2.99. The number of aryl methyl sites for hydroxylation is 1. The van der Waals surface area contributed by atoms with E-state index in [2.05, 4.69) is 27.7 Å². The van der Waals surface area contributed by atoms with Crippen LogP contribution < -0.4 is 4.74 Å². The highest BCUT2D eigenvalue weighted by atomic mass is 16.5. The van der Waals surface area contributed by atoms with Gasteiger partial charge in [0.15, 0.2) is 0 Å². The second kappa shape index (κ2) is 8.62. The first kappa shape index (κ1) is 16.5. The molecule has 112 valence electrons. The fraction of sp³-hybridized carbons (Fsp3) is 0.588. The zero-order valence-corrected chi connectivity index (χ0v) is 13.1. The van der Waals surface area contributed by atoms with E-state index in [1.165, 1.54) is 0 Å². The molecule has 1 aromatic carbocycles. The smallest absolute Gasteiger partial charge is 0.341 e. The molecule has 0 unspecified atom stereocenters. The molecule has 0 atom stereocenters. The van der Waals surface area contributed by atoms with Gasteiger partial charge in [0.05, 0.1) is 13.2 Å². The largest absolute Gasteiger partial charge is 0.492 e. The van der Waals surface area contributed by atoms with Crippen molar-refractivity contribution in [1.29, 1.82) is 0 Å². The Bertz CT molecular complexity index is 424. The summed E-state index contributed by atoms with van der Waals surface area (Å²) in [5, 5.41) is 0. The van der Waals surface area contributed by atoms with Gasteiger partial charge in [0.2, 0.25) is 0 Å². The number of ether oxygens (including phenoxy) is 2. The topological polar surface area (TPSA) is 35.5 Å². The van der Waals surface area contributed by atoms with Crippen LogP contribution in [0, 0.1) is 5.92 Å². The van der Waals surface area contributed by atoms with Crippen LogP contribution in [-0.4, -0.2) is 19.2 Å². The maximum Gasteiger partial charge on any atom is 0.341 e. The predicted molar refractivity (Wildman–Crippen MR) is 81.3 cm³/mol. The fourth-order valence-corrected chi connectivity index (χ4v) is 1.83. The van der Waals surface area contributed by atoms with Gasteiger partial charge < -0.3 is 9.47 Å². The first-order valence-corrected chi connectivity index (χ1v) is 7.51. The van der Waals surface area contributed by atoms with Gasteiger partial charge in [-0.2, -0.15) is 0 Å². The van der Waals surface area contributed by atoms with Crippen LogP contribution in [0.2, 0.25) is 0 Å². The molecule has 20 heavy (non-hydrogen) atoms. The van der Waals surface area contributed by atoms with E-state index in [-0.39, 0.29) is 5.97 Å². The Balaban J connectivity index is 2.89. The highest BCUT2D eigenvalue weighted by Gasteiger charge is 2.17. The number of unbranched alkanes of at least 4 members (excludes halogenated alkanes) is 1. The van der Waals surface area contributed by atoms with Crippen molar-refractivity contribution in [3.8, 4) is 5.75 Å². The average molecular weight is 278 g/mol. The summed E-state index contributed by atoms with van der Waals surface area (Å²) in [7, 11) is 0. The van der Waals surface area contributed by atoms with Crippen molar-refractivity contribution < 1.29 is 14.3 Å². The number of hydrogen-bond acceptors (Lipinski definition) is 3. The van der Waals surface area contributed by atoms with Gasteiger partial charge in [0.25, 0.3) is 0 Å². The quantitative estimate of drug-likeness (QED) is 0.527. The molecule has 0 radical (unpaired) electrons.